The van der Waals surface area contributed by atoms with Crippen LogP contribution in [0.15, 0.2) is 48.6 Å². The van der Waals surface area contributed by atoms with Gasteiger partial charge in [-0.05, 0) is 70.6 Å². The van der Waals surface area contributed by atoms with Crippen LogP contribution in [0.25, 0.3) is 0 Å². The van der Waals surface area contributed by atoms with E-state index < -0.39 is 51.1 Å². The molecule has 11 nitrogen and oxygen atoms in total. The van der Waals surface area contributed by atoms with Gasteiger partial charge in [0.1, 0.15) is 12.6 Å². The summed E-state index contributed by atoms with van der Waals surface area (Å²) in [7, 11) is -4.72. The molecule has 0 aromatic rings. The summed E-state index contributed by atoms with van der Waals surface area (Å²) >= 11 is 0. The molecule has 4 N–H and O–H groups in total. The van der Waals surface area contributed by atoms with Gasteiger partial charge in [0.05, 0.1) is 13.2 Å². The maximum absolute atomic E-state index is 12.6. The highest BCUT2D eigenvalue weighted by molar-refractivity contribution is 7.47. The number of hydrogen-bond donors (Lipinski definition) is 3. The van der Waals surface area contributed by atoms with E-state index in [-0.39, 0.29) is 19.4 Å². The molecular weight excluding hydrogens is 769 g/mol. The van der Waals surface area contributed by atoms with Crippen LogP contribution in [0.4, 0.5) is 0 Å². The Hall–Kier alpha value is -2.56. The van der Waals surface area contributed by atoms with Gasteiger partial charge in [0.15, 0.2) is 6.10 Å². The Balaban J connectivity index is 4.33. The second-order valence-electron chi connectivity index (χ2n) is 15.5. The maximum Gasteiger partial charge on any atom is 0.472 e. The standard InChI is InChI=1S/C47H84NO10P/c1-3-5-7-9-11-13-15-17-19-21-23-24-26-28-30-32-34-36-38-45(49)55-40-43(41-56-59(53,54)57-42-44(48)47(51)52)58-46(50)39-37-35-33-31-29-27-25-22-20-18-16-14-12-10-8-6-4-2/h6,8,12,14,18-21,43-44H,3-5,7,9-11,13,15-17,22-42,48H2,1-2H3,(H,51,52)(H,53,54)/b8-6-,14-12-,20-18-,21-19-. The van der Waals surface area contributed by atoms with Crippen LogP contribution in [0, 0.1) is 0 Å². The molecule has 0 aromatic heterocycles. The highest BCUT2D eigenvalue weighted by atomic mass is 31.2. The monoisotopic (exact) mass is 854 g/mol. The van der Waals surface area contributed by atoms with Gasteiger partial charge >= 0.3 is 25.7 Å². The zero-order chi connectivity index (χ0) is 43.5. The number of hydrogen-bond acceptors (Lipinski definition) is 9. The SMILES string of the molecule is CC/C=C\C/C=C\C/C=C\CCCCCCCCCC(=O)OC(COC(=O)CCCCCCCCC/C=C\CCCCCCCCC)COP(=O)(O)OCC(N)C(=O)O. The van der Waals surface area contributed by atoms with Crippen molar-refractivity contribution in [3.05, 3.63) is 48.6 Å². The van der Waals surface area contributed by atoms with Crippen molar-refractivity contribution in [2.45, 2.75) is 212 Å². The summed E-state index contributed by atoms with van der Waals surface area (Å²) in [6.45, 7) is 2.69. The molecule has 0 fully saturated rings. The normalized spacial score (nSPS) is 14.1. The maximum atomic E-state index is 12.6. The number of esters is 2. The summed E-state index contributed by atoms with van der Waals surface area (Å²) in [6.07, 6.45) is 47.4. The molecule has 0 radical (unpaired) electrons. The van der Waals surface area contributed by atoms with Crippen molar-refractivity contribution in [1.29, 1.82) is 0 Å². The van der Waals surface area contributed by atoms with Crippen LogP contribution in [0.3, 0.4) is 0 Å². The highest BCUT2D eigenvalue weighted by Gasteiger charge is 2.28. The number of unbranched alkanes of at least 4 members (excludes halogenated alkanes) is 21. The zero-order valence-electron chi connectivity index (χ0n) is 37.1. The fraction of sp³-hybridized carbons (Fsp3) is 0.766. The molecule has 0 saturated heterocycles. The molecule has 0 aromatic carbocycles. The molecule has 0 spiro atoms. The topological polar surface area (TPSA) is 172 Å². The number of allylic oxidation sites excluding steroid dienone is 8. The van der Waals surface area contributed by atoms with E-state index in [1.54, 1.807) is 0 Å². The average molecular weight is 854 g/mol. The third-order valence-corrected chi connectivity index (χ3v) is 10.8. The quantitative estimate of drug-likeness (QED) is 0.0231. The predicted octanol–water partition coefficient (Wildman–Crippen LogP) is 12.6. The minimum atomic E-state index is -4.72. The van der Waals surface area contributed by atoms with Gasteiger partial charge < -0.3 is 25.2 Å². The Labute approximate surface area is 358 Å². The van der Waals surface area contributed by atoms with E-state index in [0.29, 0.717) is 12.8 Å². The molecule has 0 aliphatic carbocycles. The van der Waals surface area contributed by atoms with Crippen molar-refractivity contribution in [2.75, 3.05) is 19.8 Å². The van der Waals surface area contributed by atoms with E-state index in [2.05, 4.69) is 67.0 Å². The van der Waals surface area contributed by atoms with Crippen molar-refractivity contribution in [2.24, 2.45) is 5.73 Å². The van der Waals surface area contributed by atoms with Gasteiger partial charge in [-0.25, -0.2) is 4.57 Å². The number of carboxylic acids is 1. The van der Waals surface area contributed by atoms with Gasteiger partial charge in [0, 0.05) is 12.8 Å². The van der Waals surface area contributed by atoms with Crippen LogP contribution in [0.5, 0.6) is 0 Å². The summed E-state index contributed by atoms with van der Waals surface area (Å²) in [5.74, 6) is -2.39. The lowest BCUT2D eigenvalue weighted by atomic mass is 10.1. The van der Waals surface area contributed by atoms with Crippen LogP contribution in [-0.4, -0.2) is 59.9 Å². The van der Waals surface area contributed by atoms with E-state index in [0.717, 1.165) is 83.5 Å². The summed E-state index contributed by atoms with van der Waals surface area (Å²) in [5, 5.41) is 8.90. The van der Waals surface area contributed by atoms with E-state index >= 15 is 0 Å². The number of rotatable bonds is 43. The molecule has 0 aliphatic rings. The number of carboxylic acid groups (broad SMARTS) is 1. The lowest BCUT2D eigenvalue weighted by molar-refractivity contribution is -0.161. The Morgan fingerprint density at radius 1 is 0.542 bits per heavy atom. The van der Waals surface area contributed by atoms with Crippen LogP contribution in [-0.2, 0) is 37.5 Å². The number of carbonyl (C=O) groups is 3. The van der Waals surface area contributed by atoms with Crippen LogP contribution >= 0.6 is 7.82 Å². The van der Waals surface area contributed by atoms with Crippen molar-refractivity contribution in [1.82, 2.24) is 0 Å². The Morgan fingerprint density at radius 2 is 0.949 bits per heavy atom. The van der Waals surface area contributed by atoms with Crippen LogP contribution < -0.4 is 5.73 Å². The molecule has 12 heteroatoms. The highest BCUT2D eigenvalue weighted by Crippen LogP contribution is 2.43. The molecule has 3 atom stereocenters. The minimum absolute atomic E-state index is 0.148. The van der Waals surface area contributed by atoms with Crippen molar-refractivity contribution < 1.29 is 47.5 Å². The molecule has 0 bridgehead atoms. The van der Waals surface area contributed by atoms with E-state index in [1.165, 1.54) is 77.0 Å². The summed E-state index contributed by atoms with van der Waals surface area (Å²) in [4.78, 5) is 46.0. The van der Waals surface area contributed by atoms with Gasteiger partial charge in [-0.15, -0.1) is 0 Å². The lowest BCUT2D eigenvalue weighted by Crippen LogP contribution is -2.34. The molecule has 59 heavy (non-hydrogen) atoms. The minimum Gasteiger partial charge on any atom is -0.480 e. The van der Waals surface area contributed by atoms with Gasteiger partial charge in [-0.2, -0.15) is 0 Å². The molecule has 342 valence electrons. The van der Waals surface area contributed by atoms with Crippen molar-refractivity contribution in [3.8, 4) is 0 Å². The van der Waals surface area contributed by atoms with Gasteiger partial charge in [0.25, 0.3) is 0 Å². The Morgan fingerprint density at radius 3 is 1.44 bits per heavy atom. The van der Waals surface area contributed by atoms with Crippen LogP contribution in [0.2, 0.25) is 0 Å². The molecule has 0 rings (SSSR count). The number of phosphoric acid groups is 1. The van der Waals surface area contributed by atoms with Gasteiger partial charge in [-0.3, -0.25) is 23.4 Å². The van der Waals surface area contributed by atoms with E-state index in [4.69, 9.17) is 24.8 Å². The van der Waals surface area contributed by atoms with Crippen molar-refractivity contribution in [3.63, 3.8) is 0 Å². The summed E-state index contributed by atoms with van der Waals surface area (Å²) in [5.41, 5.74) is 5.34. The number of nitrogens with two attached hydrogens (primary N) is 1. The second kappa shape index (κ2) is 42.1. The Kier molecular flexibility index (Phi) is 40.3. The zero-order valence-corrected chi connectivity index (χ0v) is 38.0. The number of ether oxygens (including phenoxy) is 2. The molecule has 0 heterocycles. The first-order chi connectivity index (χ1) is 28.6. The van der Waals surface area contributed by atoms with Gasteiger partial charge in [0.2, 0.25) is 0 Å². The number of aliphatic carboxylic acids is 1. The predicted molar refractivity (Wildman–Crippen MR) is 240 cm³/mol. The fourth-order valence-electron chi connectivity index (χ4n) is 6.19. The smallest absolute Gasteiger partial charge is 0.472 e. The summed E-state index contributed by atoms with van der Waals surface area (Å²) < 4.78 is 32.7. The first-order valence-corrected chi connectivity index (χ1v) is 24.7. The molecule has 0 aliphatic heterocycles. The third kappa shape index (κ3) is 41.9. The lowest BCUT2D eigenvalue weighted by Gasteiger charge is -2.20. The van der Waals surface area contributed by atoms with E-state index in [9.17, 15) is 23.8 Å². The van der Waals surface area contributed by atoms with Crippen LogP contribution in [0.1, 0.15) is 200 Å². The molecule has 0 amide bonds. The molecular formula is C47H84NO10P. The number of phosphoric ester groups is 1. The average Bonchev–Trinajstić information content (AvgIpc) is 3.21. The van der Waals surface area contributed by atoms with E-state index in [1.807, 2.05) is 0 Å². The first-order valence-electron chi connectivity index (χ1n) is 23.2. The number of carbonyl (C=O) groups excluding carboxylic acids is 2. The molecule has 3 unspecified atom stereocenters. The third-order valence-electron chi connectivity index (χ3n) is 9.81. The summed E-state index contributed by atoms with van der Waals surface area (Å²) in [6, 6.07) is -1.52. The van der Waals surface area contributed by atoms with Gasteiger partial charge in [-0.1, -0.05) is 165 Å². The first kappa shape index (κ1) is 56.4. The molecule has 0 saturated carbocycles. The van der Waals surface area contributed by atoms with Crippen molar-refractivity contribution >= 4 is 25.7 Å². The fourth-order valence-corrected chi connectivity index (χ4v) is 6.97. The largest absolute Gasteiger partial charge is 0.480 e. The second-order valence-corrected chi connectivity index (χ2v) is 17.0. The Bertz CT molecular complexity index is 1190.